The second-order valence-corrected chi connectivity index (χ2v) is 17.5. The van der Waals surface area contributed by atoms with Gasteiger partial charge in [0, 0.05) is 5.56 Å². The summed E-state index contributed by atoms with van der Waals surface area (Å²) in [4.78, 5) is 27.7. The number of rotatable bonds is 16. The Morgan fingerprint density at radius 3 is 1.73 bits per heavy atom. The molecular weight excluding hydrogens is 703 g/mol. The molecular formula is C48H49O6P. The number of ketones is 1. The Morgan fingerprint density at radius 2 is 1.20 bits per heavy atom. The summed E-state index contributed by atoms with van der Waals surface area (Å²) in [6, 6.07) is 50.7. The Labute approximate surface area is 325 Å². The standard InChI is InChI=1S/C48H49O6P/c1-6-37-27-29-45(43(34-37)46(49)38-19-11-7-12-20-38)52-36(3)31-32-51-39-28-30-44(35(2)33-39)53-48(4,5)47(50)54-55(40-21-13-8-14-22-40,41-23-15-9-16-24-41)42-25-17-10-18-26-42/h7-30,33-34,36,55H,6,31-32H2,1-5H3. The maximum Gasteiger partial charge on any atom is 0.196 e. The van der Waals surface area contributed by atoms with E-state index in [4.69, 9.17) is 18.7 Å². The maximum absolute atomic E-state index is 14.3. The third kappa shape index (κ3) is 9.16. The third-order valence-corrected chi connectivity index (χ3v) is 13.6. The van der Waals surface area contributed by atoms with Gasteiger partial charge in [0.25, 0.3) is 0 Å². The topological polar surface area (TPSA) is 71.1 Å². The minimum atomic E-state index is -3.29. The van der Waals surface area contributed by atoms with Crippen LogP contribution in [0.1, 0.15) is 61.2 Å². The summed E-state index contributed by atoms with van der Waals surface area (Å²) in [6.45, 7) is 9.86. The molecule has 0 fully saturated rings. The number of carbonyl (C=O) groups excluding carboxylic acids is 2. The van der Waals surface area contributed by atoms with Gasteiger partial charge in [0.05, 0.1) is 5.56 Å². The van der Waals surface area contributed by atoms with Crippen LogP contribution in [0, 0.1) is 6.92 Å². The molecule has 6 nitrogen and oxygen atoms in total. The van der Waals surface area contributed by atoms with Gasteiger partial charge in [-0.25, -0.2) is 0 Å². The van der Waals surface area contributed by atoms with E-state index in [2.05, 4.69) is 6.92 Å². The first kappa shape index (κ1) is 39.0. The van der Waals surface area contributed by atoms with E-state index in [9.17, 15) is 9.59 Å². The summed E-state index contributed by atoms with van der Waals surface area (Å²) in [7, 11) is -3.29. The number of hydrogen-bond donors (Lipinski definition) is 0. The number of benzene rings is 6. The van der Waals surface area contributed by atoms with Crippen molar-refractivity contribution in [3.05, 3.63) is 180 Å². The molecule has 0 aliphatic rings. The Bertz CT molecular complexity index is 2090. The molecule has 7 heteroatoms. The van der Waals surface area contributed by atoms with E-state index >= 15 is 0 Å². The monoisotopic (exact) mass is 752 g/mol. The zero-order chi connectivity index (χ0) is 38.8. The minimum Gasteiger partial charge on any atom is -0.288 e. The van der Waals surface area contributed by atoms with Crippen LogP contribution >= 0.6 is 7.49 Å². The van der Waals surface area contributed by atoms with Crippen LogP contribution in [-0.2, 0) is 15.7 Å². The van der Waals surface area contributed by atoms with Gasteiger partial charge in [-0.05, 0) is 31.0 Å². The second-order valence-electron chi connectivity index (χ2n) is 14.2. The predicted molar refractivity (Wildman–Crippen MR) is 224 cm³/mol. The molecule has 0 spiro atoms. The molecule has 0 saturated carbocycles. The van der Waals surface area contributed by atoms with Crippen molar-refractivity contribution in [1.82, 2.24) is 0 Å². The van der Waals surface area contributed by atoms with Crippen LogP contribution < -0.4 is 30.1 Å². The van der Waals surface area contributed by atoms with E-state index in [1.54, 1.807) is 13.8 Å². The Balaban J connectivity index is 1.12. The molecule has 0 radical (unpaired) electrons. The number of carbonyl (C=O) groups is 2. The van der Waals surface area contributed by atoms with E-state index in [1.165, 1.54) is 0 Å². The van der Waals surface area contributed by atoms with Crippen molar-refractivity contribution in [3.63, 3.8) is 0 Å². The average Bonchev–Trinajstić information content (AvgIpc) is 3.22. The molecule has 0 saturated heterocycles. The Hall–Kier alpha value is -5.71. The van der Waals surface area contributed by atoms with E-state index in [0.717, 1.165) is 33.5 Å². The first-order valence-corrected chi connectivity index (χ1v) is 20.7. The zero-order valence-corrected chi connectivity index (χ0v) is 33.2. The van der Waals surface area contributed by atoms with E-state index < -0.39 is 19.1 Å². The fourth-order valence-electron chi connectivity index (χ4n) is 6.54. The van der Waals surface area contributed by atoms with Crippen LogP contribution in [-0.4, -0.2) is 30.1 Å². The number of aryl methyl sites for hydroxylation is 2. The maximum atomic E-state index is 14.3. The summed E-state index contributed by atoms with van der Waals surface area (Å²) < 4.78 is 25.7. The molecule has 6 rings (SSSR count). The quantitative estimate of drug-likeness (QED) is 0.0725. The minimum absolute atomic E-state index is 0.0615. The van der Waals surface area contributed by atoms with E-state index in [0.29, 0.717) is 41.4 Å². The van der Waals surface area contributed by atoms with Gasteiger partial charge in [-0.3, -0.25) is 4.79 Å². The van der Waals surface area contributed by atoms with Crippen LogP contribution in [0.3, 0.4) is 0 Å². The molecule has 1 unspecified atom stereocenters. The predicted octanol–water partition coefficient (Wildman–Crippen LogP) is 9.37. The summed E-state index contributed by atoms with van der Waals surface area (Å²) in [5, 5.41) is 2.89. The van der Waals surface area contributed by atoms with Gasteiger partial charge in [-0.15, -0.1) is 0 Å². The van der Waals surface area contributed by atoms with Gasteiger partial charge in [0.1, 0.15) is 5.75 Å². The van der Waals surface area contributed by atoms with Crippen LogP contribution in [0.5, 0.6) is 17.2 Å². The molecule has 6 aromatic carbocycles. The van der Waals surface area contributed by atoms with Gasteiger partial charge >= 0.3 is 220 Å². The van der Waals surface area contributed by atoms with Gasteiger partial charge in [-0.1, -0.05) is 43.3 Å². The van der Waals surface area contributed by atoms with Crippen molar-refractivity contribution in [1.29, 1.82) is 0 Å². The SMILES string of the molecule is CCc1ccc(OC(C)CCOc2ccc(OC(C)(C)C(=O)O[PH](c3ccccc3)(c3ccccc3)c3ccccc3)c(C)c2)c(C(=O)c2ccccc2)c1. The smallest absolute Gasteiger partial charge is 0.196 e. The van der Waals surface area contributed by atoms with Crippen LogP contribution in [0.2, 0.25) is 0 Å². The molecule has 0 N–H and O–H groups in total. The molecule has 0 bridgehead atoms. The largest absolute Gasteiger partial charge is 0.288 e. The summed E-state index contributed by atoms with van der Waals surface area (Å²) >= 11 is 0. The normalized spacial score (nSPS) is 12.3. The van der Waals surface area contributed by atoms with E-state index in [-0.39, 0.29) is 11.9 Å². The molecule has 0 amide bonds. The fraction of sp³-hybridized carbons (Fsp3) is 0.208. The summed E-state index contributed by atoms with van der Waals surface area (Å²) in [5.74, 6) is 1.28. The van der Waals surface area contributed by atoms with Crippen LogP contribution in [0.25, 0.3) is 0 Å². The van der Waals surface area contributed by atoms with E-state index in [1.807, 2.05) is 172 Å². The Kier molecular flexibility index (Phi) is 12.5. The van der Waals surface area contributed by atoms with Crippen molar-refractivity contribution in [2.75, 3.05) is 6.61 Å². The molecule has 0 heterocycles. The van der Waals surface area contributed by atoms with Gasteiger partial charge in [0.2, 0.25) is 0 Å². The average molecular weight is 753 g/mol. The number of ether oxygens (including phenoxy) is 3. The fourth-order valence-corrected chi connectivity index (χ4v) is 10.4. The van der Waals surface area contributed by atoms with Gasteiger partial charge in [0.15, 0.2) is 5.78 Å². The van der Waals surface area contributed by atoms with Gasteiger partial charge in [-0.2, -0.15) is 0 Å². The number of hydrogen-bond acceptors (Lipinski definition) is 6. The first-order valence-electron chi connectivity index (χ1n) is 18.8. The van der Waals surface area contributed by atoms with Crippen molar-refractivity contribution in [3.8, 4) is 17.2 Å². The molecule has 0 aliphatic heterocycles. The Morgan fingerprint density at radius 1 is 0.673 bits per heavy atom. The third-order valence-electron chi connectivity index (χ3n) is 9.64. The van der Waals surface area contributed by atoms with Crippen LogP contribution in [0.15, 0.2) is 158 Å². The van der Waals surface area contributed by atoms with Crippen molar-refractivity contribution >= 4 is 35.2 Å². The molecule has 6 aromatic rings. The zero-order valence-electron chi connectivity index (χ0n) is 32.2. The molecule has 55 heavy (non-hydrogen) atoms. The summed E-state index contributed by atoms with van der Waals surface area (Å²) in [5.41, 5.74) is 1.77. The molecule has 0 aromatic heterocycles. The van der Waals surface area contributed by atoms with Crippen molar-refractivity contribution < 1.29 is 28.3 Å². The van der Waals surface area contributed by atoms with Crippen LogP contribution in [0.4, 0.5) is 0 Å². The second kappa shape index (κ2) is 17.6. The molecule has 282 valence electrons. The van der Waals surface area contributed by atoms with Gasteiger partial charge < -0.3 is 4.74 Å². The summed E-state index contributed by atoms with van der Waals surface area (Å²) in [6.07, 6.45) is 1.21. The molecule has 1 atom stereocenters. The van der Waals surface area contributed by atoms with Crippen molar-refractivity contribution in [2.24, 2.45) is 0 Å². The first-order chi connectivity index (χ1) is 26.6. The molecule has 0 aliphatic carbocycles. The van der Waals surface area contributed by atoms with Crippen molar-refractivity contribution in [2.45, 2.75) is 59.2 Å².